The lowest BCUT2D eigenvalue weighted by atomic mass is 10.1. The largest absolute Gasteiger partial charge is 0.353 e. The molecule has 1 aromatic rings. The zero-order valence-electron chi connectivity index (χ0n) is 8.86. The molecule has 0 unspecified atom stereocenters. The first-order valence-electron chi connectivity index (χ1n) is 5.37. The third-order valence-corrected chi connectivity index (χ3v) is 2.56. The Bertz CT molecular complexity index is 334. The SMILES string of the molecule is CC(C)Cn1ccc(C(=O)C2CC2)c1. The summed E-state index contributed by atoms with van der Waals surface area (Å²) in [5.74, 6) is 1.31. The van der Waals surface area contributed by atoms with Crippen molar-refractivity contribution in [3.05, 3.63) is 24.0 Å². The average Bonchev–Trinajstić information content (AvgIpc) is 2.86. The van der Waals surface area contributed by atoms with Crippen LogP contribution in [-0.4, -0.2) is 10.4 Å². The quantitative estimate of drug-likeness (QED) is 0.671. The molecule has 1 aliphatic rings. The Morgan fingerprint density at radius 1 is 1.57 bits per heavy atom. The van der Waals surface area contributed by atoms with Gasteiger partial charge in [-0.2, -0.15) is 0 Å². The fraction of sp³-hybridized carbons (Fsp3) is 0.583. The lowest BCUT2D eigenvalue weighted by Crippen LogP contribution is -2.03. The van der Waals surface area contributed by atoms with Crippen LogP contribution in [0.4, 0.5) is 0 Å². The van der Waals surface area contributed by atoms with E-state index in [2.05, 4.69) is 18.4 Å². The summed E-state index contributed by atoms with van der Waals surface area (Å²) in [5, 5.41) is 0. The van der Waals surface area contributed by atoms with Crippen LogP contribution in [0, 0.1) is 11.8 Å². The smallest absolute Gasteiger partial charge is 0.167 e. The molecule has 1 aromatic heterocycles. The number of aromatic nitrogens is 1. The molecule has 0 aliphatic heterocycles. The van der Waals surface area contributed by atoms with E-state index in [9.17, 15) is 4.79 Å². The van der Waals surface area contributed by atoms with E-state index in [-0.39, 0.29) is 0 Å². The predicted molar refractivity (Wildman–Crippen MR) is 56.3 cm³/mol. The highest BCUT2D eigenvalue weighted by Crippen LogP contribution is 2.32. The van der Waals surface area contributed by atoms with Gasteiger partial charge in [0, 0.05) is 30.4 Å². The van der Waals surface area contributed by atoms with Crippen molar-refractivity contribution in [2.75, 3.05) is 0 Å². The molecular weight excluding hydrogens is 174 g/mol. The highest BCUT2D eigenvalue weighted by molar-refractivity contribution is 5.99. The first-order valence-corrected chi connectivity index (χ1v) is 5.37. The summed E-state index contributed by atoms with van der Waals surface area (Å²) in [6.45, 7) is 5.36. The van der Waals surface area contributed by atoms with Crippen LogP contribution in [0.2, 0.25) is 0 Å². The molecule has 0 saturated heterocycles. The second-order valence-electron chi connectivity index (χ2n) is 4.63. The van der Waals surface area contributed by atoms with Crippen molar-refractivity contribution in [1.82, 2.24) is 4.57 Å². The van der Waals surface area contributed by atoms with Crippen molar-refractivity contribution in [1.29, 1.82) is 0 Å². The van der Waals surface area contributed by atoms with E-state index in [1.807, 2.05) is 18.5 Å². The Labute approximate surface area is 84.9 Å². The topological polar surface area (TPSA) is 22.0 Å². The normalized spacial score (nSPS) is 16.2. The molecule has 0 radical (unpaired) electrons. The summed E-state index contributed by atoms with van der Waals surface area (Å²) in [6, 6.07) is 1.95. The monoisotopic (exact) mass is 191 g/mol. The summed E-state index contributed by atoms with van der Waals surface area (Å²) in [6.07, 6.45) is 6.18. The molecule has 0 spiro atoms. The average molecular weight is 191 g/mol. The van der Waals surface area contributed by atoms with E-state index >= 15 is 0 Å². The maximum absolute atomic E-state index is 11.7. The number of nitrogens with zero attached hydrogens (tertiary/aromatic N) is 1. The van der Waals surface area contributed by atoms with Crippen molar-refractivity contribution in [3.63, 3.8) is 0 Å². The maximum Gasteiger partial charge on any atom is 0.167 e. The van der Waals surface area contributed by atoms with Crippen molar-refractivity contribution in [2.24, 2.45) is 11.8 Å². The number of hydrogen-bond donors (Lipinski definition) is 0. The Morgan fingerprint density at radius 2 is 2.29 bits per heavy atom. The summed E-state index contributed by atoms with van der Waals surface area (Å²) in [7, 11) is 0. The van der Waals surface area contributed by atoms with Gasteiger partial charge in [-0.15, -0.1) is 0 Å². The molecule has 0 N–H and O–H groups in total. The van der Waals surface area contributed by atoms with E-state index < -0.39 is 0 Å². The van der Waals surface area contributed by atoms with Gasteiger partial charge in [0.1, 0.15) is 0 Å². The molecule has 0 atom stereocenters. The van der Waals surface area contributed by atoms with Gasteiger partial charge in [-0.05, 0) is 24.8 Å². The standard InChI is InChI=1S/C12H17NO/c1-9(2)7-13-6-5-11(8-13)12(14)10-3-4-10/h5-6,8-10H,3-4,7H2,1-2H3. The van der Waals surface area contributed by atoms with Crippen LogP contribution in [0.1, 0.15) is 37.0 Å². The zero-order chi connectivity index (χ0) is 10.1. The lowest BCUT2D eigenvalue weighted by molar-refractivity contribution is 0.0967. The van der Waals surface area contributed by atoms with Gasteiger partial charge < -0.3 is 4.57 Å². The van der Waals surface area contributed by atoms with Gasteiger partial charge in [0.15, 0.2) is 5.78 Å². The molecule has 14 heavy (non-hydrogen) atoms. The minimum atomic E-state index is 0.338. The molecule has 1 aliphatic carbocycles. The molecule has 0 amide bonds. The second-order valence-corrected chi connectivity index (χ2v) is 4.63. The van der Waals surface area contributed by atoms with Gasteiger partial charge in [-0.25, -0.2) is 0 Å². The number of Topliss-reactive ketones (excluding diaryl/α,β-unsaturated/α-hetero) is 1. The van der Waals surface area contributed by atoms with E-state index in [0.29, 0.717) is 17.6 Å². The summed E-state index contributed by atoms with van der Waals surface area (Å²) in [5.41, 5.74) is 0.896. The number of ketones is 1. The van der Waals surface area contributed by atoms with Gasteiger partial charge in [0.2, 0.25) is 0 Å². The number of carbonyl (C=O) groups is 1. The van der Waals surface area contributed by atoms with Crippen molar-refractivity contribution in [3.8, 4) is 0 Å². The Balaban J connectivity index is 2.05. The van der Waals surface area contributed by atoms with Crippen molar-refractivity contribution < 1.29 is 4.79 Å². The van der Waals surface area contributed by atoms with Crippen LogP contribution >= 0.6 is 0 Å². The molecule has 76 valence electrons. The third-order valence-electron chi connectivity index (χ3n) is 2.56. The lowest BCUT2D eigenvalue weighted by Gasteiger charge is -2.04. The fourth-order valence-corrected chi connectivity index (χ4v) is 1.70. The highest BCUT2D eigenvalue weighted by Gasteiger charge is 2.30. The minimum absolute atomic E-state index is 0.338. The van der Waals surface area contributed by atoms with Crippen LogP contribution in [0.15, 0.2) is 18.5 Å². The van der Waals surface area contributed by atoms with E-state index in [0.717, 1.165) is 24.9 Å². The van der Waals surface area contributed by atoms with Gasteiger partial charge in [-0.3, -0.25) is 4.79 Å². The summed E-state index contributed by atoms with van der Waals surface area (Å²) in [4.78, 5) is 11.7. The summed E-state index contributed by atoms with van der Waals surface area (Å²) >= 11 is 0. The van der Waals surface area contributed by atoms with E-state index in [1.165, 1.54) is 0 Å². The summed E-state index contributed by atoms with van der Waals surface area (Å²) < 4.78 is 2.11. The first-order chi connectivity index (χ1) is 6.66. The molecule has 0 bridgehead atoms. The fourth-order valence-electron chi connectivity index (χ4n) is 1.70. The van der Waals surface area contributed by atoms with E-state index in [4.69, 9.17) is 0 Å². The predicted octanol–water partition coefficient (Wildman–Crippen LogP) is 2.74. The van der Waals surface area contributed by atoms with Gasteiger partial charge in [-0.1, -0.05) is 13.8 Å². The first kappa shape index (κ1) is 9.50. The van der Waals surface area contributed by atoms with Crippen molar-refractivity contribution >= 4 is 5.78 Å². The molecule has 2 heteroatoms. The van der Waals surface area contributed by atoms with Crippen molar-refractivity contribution in [2.45, 2.75) is 33.2 Å². The molecule has 1 heterocycles. The van der Waals surface area contributed by atoms with Crippen LogP contribution in [-0.2, 0) is 6.54 Å². The van der Waals surface area contributed by atoms with Gasteiger partial charge in [0.05, 0.1) is 0 Å². The van der Waals surface area contributed by atoms with Crippen LogP contribution < -0.4 is 0 Å². The number of rotatable bonds is 4. The molecule has 1 fully saturated rings. The molecule has 2 rings (SSSR count). The molecule has 2 nitrogen and oxygen atoms in total. The Kier molecular flexibility index (Phi) is 2.44. The molecule has 0 aromatic carbocycles. The van der Waals surface area contributed by atoms with Crippen LogP contribution in [0.25, 0.3) is 0 Å². The van der Waals surface area contributed by atoms with Gasteiger partial charge in [0.25, 0.3) is 0 Å². The van der Waals surface area contributed by atoms with E-state index in [1.54, 1.807) is 0 Å². The Hall–Kier alpha value is -1.05. The highest BCUT2D eigenvalue weighted by atomic mass is 16.1. The van der Waals surface area contributed by atoms with Gasteiger partial charge >= 0.3 is 0 Å². The van der Waals surface area contributed by atoms with Crippen LogP contribution in [0.5, 0.6) is 0 Å². The molecular formula is C12H17NO. The second kappa shape index (κ2) is 3.60. The Morgan fingerprint density at radius 3 is 2.86 bits per heavy atom. The zero-order valence-corrected chi connectivity index (χ0v) is 8.86. The maximum atomic E-state index is 11.7. The molecule has 1 saturated carbocycles. The number of carbonyl (C=O) groups excluding carboxylic acids is 1. The van der Waals surface area contributed by atoms with Crippen LogP contribution in [0.3, 0.4) is 0 Å². The number of hydrogen-bond acceptors (Lipinski definition) is 1. The third kappa shape index (κ3) is 2.06. The minimum Gasteiger partial charge on any atom is -0.353 e.